The van der Waals surface area contributed by atoms with Crippen LogP contribution in [0.25, 0.3) is 0 Å². The molecule has 1 nitrogen and oxygen atoms in total. The molecular formula is C17H25N. The molecule has 4 unspecified atom stereocenters. The summed E-state index contributed by atoms with van der Waals surface area (Å²) in [7, 11) is 0. The first-order valence-electron chi connectivity index (χ1n) is 7.27. The van der Waals surface area contributed by atoms with Crippen molar-refractivity contribution in [3.63, 3.8) is 0 Å². The number of benzene rings is 1. The summed E-state index contributed by atoms with van der Waals surface area (Å²) in [5, 5.41) is 0. The van der Waals surface area contributed by atoms with Crippen LogP contribution in [0.4, 0.5) is 0 Å². The van der Waals surface area contributed by atoms with Crippen LogP contribution in [0.1, 0.15) is 57.6 Å². The fourth-order valence-corrected chi connectivity index (χ4v) is 4.64. The standard InChI is InChI=1S/C17H25N/c1-5-17(4)14-11-8-6-7-9-13(11)16(2,3)10-12(14)15(17)18/h6-9,12,14-15H,5,10,18H2,1-4H3. The van der Waals surface area contributed by atoms with Crippen LogP contribution >= 0.6 is 0 Å². The Balaban J connectivity index is 2.13. The first kappa shape index (κ1) is 12.2. The Morgan fingerprint density at radius 2 is 1.89 bits per heavy atom. The van der Waals surface area contributed by atoms with Crippen molar-refractivity contribution >= 4 is 0 Å². The Kier molecular flexibility index (Phi) is 2.45. The molecule has 1 saturated carbocycles. The van der Waals surface area contributed by atoms with Crippen LogP contribution in [0.2, 0.25) is 0 Å². The Morgan fingerprint density at radius 1 is 1.22 bits per heavy atom. The molecule has 1 fully saturated rings. The van der Waals surface area contributed by atoms with Gasteiger partial charge in [0.1, 0.15) is 0 Å². The van der Waals surface area contributed by atoms with Crippen LogP contribution in [0.15, 0.2) is 24.3 Å². The molecule has 1 aromatic carbocycles. The summed E-state index contributed by atoms with van der Waals surface area (Å²) >= 11 is 0. The summed E-state index contributed by atoms with van der Waals surface area (Å²) in [5.74, 6) is 1.36. The summed E-state index contributed by atoms with van der Waals surface area (Å²) in [6.45, 7) is 9.42. The Labute approximate surface area is 111 Å². The van der Waals surface area contributed by atoms with Crippen molar-refractivity contribution in [1.29, 1.82) is 0 Å². The minimum Gasteiger partial charge on any atom is -0.327 e. The van der Waals surface area contributed by atoms with Gasteiger partial charge in [0.15, 0.2) is 0 Å². The average Bonchev–Trinajstić information content (AvgIpc) is 2.37. The highest BCUT2D eigenvalue weighted by Gasteiger charge is 2.60. The van der Waals surface area contributed by atoms with Gasteiger partial charge in [-0.3, -0.25) is 0 Å². The molecule has 3 rings (SSSR count). The average molecular weight is 243 g/mol. The van der Waals surface area contributed by atoms with Crippen LogP contribution in [0.3, 0.4) is 0 Å². The number of nitrogens with two attached hydrogens (primary N) is 1. The SMILES string of the molecule is CCC1(C)C(N)C2CC(C)(C)c3ccccc3C21. The number of rotatable bonds is 1. The van der Waals surface area contributed by atoms with Crippen molar-refractivity contribution in [2.45, 2.75) is 57.9 Å². The second kappa shape index (κ2) is 3.60. The van der Waals surface area contributed by atoms with Crippen molar-refractivity contribution in [3.05, 3.63) is 35.4 Å². The van der Waals surface area contributed by atoms with Gasteiger partial charge >= 0.3 is 0 Å². The van der Waals surface area contributed by atoms with E-state index in [1.54, 1.807) is 11.1 Å². The molecule has 18 heavy (non-hydrogen) atoms. The van der Waals surface area contributed by atoms with Gasteiger partial charge in [0.25, 0.3) is 0 Å². The van der Waals surface area contributed by atoms with E-state index >= 15 is 0 Å². The lowest BCUT2D eigenvalue weighted by atomic mass is 9.42. The van der Waals surface area contributed by atoms with E-state index in [2.05, 4.69) is 52.0 Å². The zero-order valence-electron chi connectivity index (χ0n) is 12.0. The van der Waals surface area contributed by atoms with Gasteiger partial charge in [-0.05, 0) is 46.6 Å². The summed E-state index contributed by atoms with van der Waals surface area (Å²) in [4.78, 5) is 0. The number of fused-ring (bicyclic) bond motifs is 3. The summed E-state index contributed by atoms with van der Waals surface area (Å²) in [5.41, 5.74) is 10.2. The van der Waals surface area contributed by atoms with E-state index in [0.29, 0.717) is 23.3 Å². The quantitative estimate of drug-likeness (QED) is 0.797. The van der Waals surface area contributed by atoms with E-state index in [1.807, 2.05) is 0 Å². The molecule has 2 aliphatic carbocycles. The monoisotopic (exact) mass is 243 g/mol. The van der Waals surface area contributed by atoms with Gasteiger partial charge in [0.2, 0.25) is 0 Å². The van der Waals surface area contributed by atoms with Crippen LogP contribution in [-0.4, -0.2) is 6.04 Å². The molecule has 98 valence electrons. The smallest absolute Gasteiger partial charge is 0.0134 e. The highest BCUT2D eigenvalue weighted by Crippen LogP contribution is 2.64. The van der Waals surface area contributed by atoms with Crippen molar-refractivity contribution in [2.75, 3.05) is 0 Å². The maximum atomic E-state index is 6.50. The highest BCUT2D eigenvalue weighted by molar-refractivity contribution is 5.44. The van der Waals surface area contributed by atoms with Gasteiger partial charge in [-0.15, -0.1) is 0 Å². The van der Waals surface area contributed by atoms with Gasteiger partial charge in [0.05, 0.1) is 0 Å². The predicted octanol–water partition coefficient (Wildman–Crippen LogP) is 3.82. The third-order valence-corrected chi connectivity index (χ3v) is 5.89. The number of hydrogen-bond acceptors (Lipinski definition) is 1. The summed E-state index contributed by atoms with van der Waals surface area (Å²) in [6.07, 6.45) is 2.43. The third-order valence-electron chi connectivity index (χ3n) is 5.89. The van der Waals surface area contributed by atoms with Crippen LogP contribution in [0, 0.1) is 11.3 Å². The van der Waals surface area contributed by atoms with Crippen LogP contribution in [0.5, 0.6) is 0 Å². The molecule has 0 aromatic heterocycles. The lowest BCUT2D eigenvalue weighted by molar-refractivity contribution is -0.0322. The van der Waals surface area contributed by atoms with Crippen molar-refractivity contribution in [3.8, 4) is 0 Å². The minimum absolute atomic E-state index is 0.282. The zero-order chi connectivity index (χ0) is 13.1. The Bertz CT molecular complexity index is 476. The van der Waals surface area contributed by atoms with Gasteiger partial charge in [-0.2, -0.15) is 0 Å². The molecule has 0 aliphatic heterocycles. The molecule has 0 bridgehead atoms. The zero-order valence-corrected chi connectivity index (χ0v) is 12.0. The molecule has 2 N–H and O–H groups in total. The largest absolute Gasteiger partial charge is 0.327 e. The molecule has 2 aliphatic rings. The van der Waals surface area contributed by atoms with Crippen molar-refractivity contribution < 1.29 is 0 Å². The Hall–Kier alpha value is -0.820. The van der Waals surface area contributed by atoms with Gasteiger partial charge in [0, 0.05) is 6.04 Å². The molecule has 0 radical (unpaired) electrons. The van der Waals surface area contributed by atoms with Gasteiger partial charge in [-0.25, -0.2) is 0 Å². The molecule has 1 heteroatoms. The van der Waals surface area contributed by atoms with Gasteiger partial charge < -0.3 is 5.73 Å². The number of hydrogen-bond donors (Lipinski definition) is 1. The van der Waals surface area contributed by atoms with Crippen LogP contribution < -0.4 is 5.73 Å². The Morgan fingerprint density at radius 3 is 2.56 bits per heavy atom. The summed E-state index contributed by atoms with van der Waals surface area (Å²) in [6, 6.07) is 9.42. The normalized spacial score (nSPS) is 40.6. The van der Waals surface area contributed by atoms with E-state index in [9.17, 15) is 0 Å². The van der Waals surface area contributed by atoms with E-state index < -0.39 is 0 Å². The molecule has 1 aromatic rings. The van der Waals surface area contributed by atoms with Gasteiger partial charge in [-0.1, -0.05) is 52.0 Å². The molecule has 4 atom stereocenters. The molecule has 0 heterocycles. The van der Waals surface area contributed by atoms with E-state index in [-0.39, 0.29) is 5.41 Å². The van der Waals surface area contributed by atoms with Crippen LogP contribution in [-0.2, 0) is 5.41 Å². The minimum atomic E-state index is 0.282. The molecule has 0 saturated heterocycles. The van der Waals surface area contributed by atoms with E-state index in [0.717, 1.165) is 0 Å². The molecule has 0 amide bonds. The topological polar surface area (TPSA) is 26.0 Å². The predicted molar refractivity (Wildman–Crippen MR) is 76.7 cm³/mol. The second-order valence-corrected chi connectivity index (χ2v) is 7.20. The molecule has 0 spiro atoms. The third kappa shape index (κ3) is 1.31. The summed E-state index contributed by atoms with van der Waals surface area (Å²) < 4.78 is 0. The van der Waals surface area contributed by atoms with E-state index in [1.165, 1.54) is 12.8 Å². The fraction of sp³-hybridized carbons (Fsp3) is 0.647. The fourth-order valence-electron chi connectivity index (χ4n) is 4.64. The van der Waals surface area contributed by atoms with Crippen molar-refractivity contribution in [2.24, 2.45) is 17.1 Å². The lowest BCUT2D eigenvalue weighted by Crippen LogP contribution is -2.64. The maximum Gasteiger partial charge on any atom is 0.0134 e. The second-order valence-electron chi connectivity index (χ2n) is 7.20. The first-order valence-corrected chi connectivity index (χ1v) is 7.27. The van der Waals surface area contributed by atoms with Crippen molar-refractivity contribution in [1.82, 2.24) is 0 Å². The van der Waals surface area contributed by atoms with E-state index in [4.69, 9.17) is 5.73 Å². The molecular weight excluding hydrogens is 218 g/mol. The highest BCUT2D eigenvalue weighted by atomic mass is 14.8. The first-order chi connectivity index (χ1) is 8.42. The lowest BCUT2D eigenvalue weighted by Gasteiger charge is -2.63. The maximum absolute atomic E-state index is 6.50.